The van der Waals surface area contributed by atoms with Gasteiger partial charge in [0.25, 0.3) is 0 Å². The molecule has 0 bridgehead atoms. The van der Waals surface area contributed by atoms with Crippen LogP contribution in [-0.4, -0.2) is 55.3 Å². The Bertz CT molecular complexity index is 663. The lowest BCUT2D eigenvalue weighted by Crippen LogP contribution is -2.48. The Morgan fingerprint density at radius 3 is 2.21 bits per heavy atom. The highest BCUT2D eigenvalue weighted by molar-refractivity contribution is 6.74. The van der Waals surface area contributed by atoms with Gasteiger partial charge in [-0.15, -0.1) is 0 Å². The smallest absolute Gasteiger partial charge is 0.410 e. The molecule has 0 spiro atoms. The van der Waals surface area contributed by atoms with Crippen LogP contribution in [0.3, 0.4) is 0 Å². The lowest BCUT2D eigenvalue weighted by molar-refractivity contribution is 0.0162. The van der Waals surface area contributed by atoms with Gasteiger partial charge in [0.1, 0.15) is 5.60 Å². The topological polar surface area (TPSA) is 59.0 Å². The molecule has 0 radical (unpaired) electrons. The molecule has 1 saturated heterocycles. The fourth-order valence-corrected chi connectivity index (χ4v) is 4.28. The van der Waals surface area contributed by atoms with Gasteiger partial charge >= 0.3 is 6.09 Å². The summed E-state index contributed by atoms with van der Waals surface area (Å²) in [7, 11) is -2.00. The van der Waals surface area contributed by atoms with Gasteiger partial charge in [-0.2, -0.15) is 0 Å². The normalized spacial score (nSPS) is 23.8. The summed E-state index contributed by atoms with van der Waals surface area (Å²) >= 11 is 0. The first kappa shape index (κ1) is 22.9. The van der Waals surface area contributed by atoms with Gasteiger partial charge in [-0.25, -0.2) is 4.79 Å². The lowest BCUT2D eigenvalue weighted by atomic mass is 9.90. The molecule has 1 amide bonds. The number of carbonyl (C=O) groups is 1. The van der Waals surface area contributed by atoms with Gasteiger partial charge in [0.05, 0.1) is 25.3 Å². The van der Waals surface area contributed by atoms with E-state index in [0.29, 0.717) is 6.61 Å². The summed E-state index contributed by atoms with van der Waals surface area (Å²) in [6, 6.07) is 9.63. The van der Waals surface area contributed by atoms with E-state index in [4.69, 9.17) is 9.16 Å². The molecule has 1 heterocycles. The van der Waals surface area contributed by atoms with Gasteiger partial charge in [0.15, 0.2) is 8.32 Å². The second-order valence-corrected chi connectivity index (χ2v) is 15.1. The van der Waals surface area contributed by atoms with Crippen molar-refractivity contribution in [1.82, 2.24) is 4.90 Å². The van der Waals surface area contributed by atoms with E-state index in [0.717, 1.165) is 5.56 Å². The Hall–Kier alpha value is -1.37. The van der Waals surface area contributed by atoms with Gasteiger partial charge in [-0.3, -0.25) is 4.90 Å². The summed E-state index contributed by atoms with van der Waals surface area (Å²) in [5.74, 6) is -0.196. The Kier molecular flexibility index (Phi) is 6.68. The first-order valence-electron chi connectivity index (χ1n) is 10.1. The number of nitrogens with zero attached hydrogens (tertiary/aromatic N) is 1. The predicted octanol–water partition coefficient (Wildman–Crippen LogP) is 4.77. The Morgan fingerprint density at radius 1 is 1.14 bits per heavy atom. The minimum atomic E-state index is -2.00. The number of rotatable bonds is 4. The van der Waals surface area contributed by atoms with Crippen molar-refractivity contribution in [1.29, 1.82) is 0 Å². The van der Waals surface area contributed by atoms with Crippen LogP contribution in [0.25, 0.3) is 0 Å². The maximum Gasteiger partial charge on any atom is 0.410 e. The van der Waals surface area contributed by atoms with E-state index >= 15 is 0 Å². The molecule has 1 N–H and O–H groups in total. The molecule has 1 aliphatic heterocycles. The Morgan fingerprint density at radius 2 is 1.71 bits per heavy atom. The van der Waals surface area contributed by atoms with Crippen LogP contribution in [-0.2, 0) is 9.16 Å². The van der Waals surface area contributed by atoms with E-state index in [1.807, 2.05) is 51.1 Å². The number of benzene rings is 1. The van der Waals surface area contributed by atoms with Crippen LogP contribution >= 0.6 is 0 Å². The van der Waals surface area contributed by atoms with Crippen LogP contribution in [0.4, 0.5) is 4.79 Å². The lowest BCUT2D eigenvalue weighted by Gasteiger charge is -2.39. The van der Waals surface area contributed by atoms with Crippen LogP contribution in [0, 0.1) is 0 Å². The van der Waals surface area contributed by atoms with Gasteiger partial charge in [-0.1, -0.05) is 51.1 Å². The fraction of sp³-hybridized carbons (Fsp3) is 0.682. The van der Waals surface area contributed by atoms with Crippen LogP contribution in [0.15, 0.2) is 30.3 Å². The molecule has 1 aliphatic rings. The predicted molar refractivity (Wildman–Crippen MR) is 115 cm³/mol. The van der Waals surface area contributed by atoms with Crippen molar-refractivity contribution >= 4 is 14.4 Å². The zero-order valence-electron chi connectivity index (χ0n) is 18.7. The van der Waals surface area contributed by atoms with Gasteiger partial charge < -0.3 is 14.3 Å². The molecule has 158 valence electrons. The molecule has 2 rings (SSSR count). The third kappa shape index (κ3) is 5.36. The molecule has 5 nitrogen and oxygen atoms in total. The number of hydrogen-bond donors (Lipinski definition) is 1. The highest BCUT2D eigenvalue weighted by Gasteiger charge is 2.47. The van der Waals surface area contributed by atoms with Crippen molar-refractivity contribution in [3.63, 3.8) is 0 Å². The third-order valence-electron chi connectivity index (χ3n) is 5.85. The first-order valence-corrected chi connectivity index (χ1v) is 13.0. The summed E-state index contributed by atoms with van der Waals surface area (Å²) < 4.78 is 12.1. The molecule has 1 fully saturated rings. The quantitative estimate of drug-likeness (QED) is 0.730. The molecule has 1 aromatic rings. The maximum absolute atomic E-state index is 12.9. The largest absolute Gasteiger partial charge is 0.444 e. The minimum Gasteiger partial charge on any atom is -0.444 e. The molecule has 0 saturated carbocycles. The van der Waals surface area contributed by atoms with Gasteiger partial charge in [0.2, 0.25) is 0 Å². The SMILES string of the molecule is CC(C)(C)OC(=O)N1CC(O)C(c2ccccc2)C1CO[Si](C)(C)C(C)(C)C. The second-order valence-electron chi connectivity index (χ2n) is 10.3. The van der Waals surface area contributed by atoms with Crippen molar-refractivity contribution in [3.05, 3.63) is 35.9 Å². The molecule has 1 aromatic carbocycles. The van der Waals surface area contributed by atoms with Crippen LogP contribution in [0.2, 0.25) is 18.1 Å². The number of carbonyl (C=O) groups excluding carboxylic acids is 1. The van der Waals surface area contributed by atoms with Crippen molar-refractivity contribution < 1.29 is 19.1 Å². The summed E-state index contributed by atoms with van der Waals surface area (Å²) in [6.45, 7) is 17.2. The molecule has 6 heteroatoms. The van der Waals surface area contributed by atoms with E-state index in [-0.39, 0.29) is 23.5 Å². The van der Waals surface area contributed by atoms with E-state index in [1.54, 1.807) is 4.90 Å². The molecule has 3 atom stereocenters. The number of aliphatic hydroxyl groups is 1. The summed E-state index contributed by atoms with van der Waals surface area (Å²) in [5, 5.41) is 10.9. The molecule has 0 aromatic heterocycles. The monoisotopic (exact) mass is 407 g/mol. The molecular formula is C22H37NO4Si. The zero-order valence-corrected chi connectivity index (χ0v) is 19.7. The fourth-order valence-electron chi connectivity index (χ4n) is 3.25. The first-order chi connectivity index (χ1) is 12.7. The summed E-state index contributed by atoms with van der Waals surface area (Å²) in [4.78, 5) is 14.5. The Balaban J connectivity index is 2.31. The maximum atomic E-state index is 12.9. The van der Waals surface area contributed by atoms with Crippen molar-refractivity contribution in [2.45, 2.75) is 83.3 Å². The van der Waals surface area contributed by atoms with E-state index in [1.165, 1.54) is 0 Å². The molecule has 0 aliphatic carbocycles. The summed E-state index contributed by atoms with van der Waals surface area (Å²) in [5.41, 5.74) is 0.433. The zero-order chi connectivity index (χ0) is 21.3. The van der Waals surface area contributed by atoms with Crippen LogP contribution < -0.4 is 0 Å². The van der Waals surface area contributed by atoms with Crippen molar-refractivity contribution in [2.75, 3.05) is 13.2 Å². The second kappa shape index (κ2) is 8.17. The molecule has 3 unspecified atom stereocenters. The Labute approximate surface area is 171 Å². The van der Waals surface area contributed by atoms with Gasteiger partial charge in [-0.05, 0) is 44.5 Å². The average molecular weight is 408 g/mol. The van der Waals surface area contributed by atoms with Crippen LogP contribution in [0.1, 0.15) is 53.0 Å². The van der Waals surface area contributed by atoms with E-state index in [9.17, 15) is 9.90 Å². The van der Waals surface area contributed by atoms with E-state index in [2.05, 4.69) is 33.9 Å². The number of ether oxygens (including phenoxy) is 1. The van der Waals surface area contributed by atoms with Gasteiger partial charge in [0, 0.05) is 5.92 Å². The summed E-state index contributed by atoms with van der Waals surface area (Å²) in [6.07, 6.45) is -1.04. The minimum absolute atomic E-state index is 0.0726. The average Bonchev–Trinajstić information content (AvgIpc) is 2.88. The number of hydrogen-bond acceptors (Lipinski definition) is 4. The number of aliphatic hydroxyl groups excluding tert-OH is 1. The third-order valence-corrected chi connectivity index (χ3v) is 10.3. The highest BCUT2D eigenvalue weighted by atomic mass is 28.4. The van der Waals surface area contributed by atoms with Crippen molar-refractivity contribution in [2.24, 2.45) is 0 Å². The van der Waals surface area contributed by atoms with Crippen LogP contribution in [0.5, 0.6) is 0 Å². The van der Waals surface area contributed by atoms with E-state index < -0.39 is 26.1 Å². The van der Waals surface area contributed by atoms with Crippen molar-refractivity contribution in [3.8, 4) is 0 Å². The molecular weight excluding hydrogens is 370 g/mol. The number of amides is 1. The number of likely N-dealkylation sites (tertiary alicyclic amines) is 1. The number of β-amino-alcohol motifs (C(OH)–C–C–N with tert-alkyl or cyclic N) is 1. The molecule has 28 heavy (non-hydrogen) atoms. The highest BCUT2D eigenvalue weighted by Crippen LogP contribution is 2.39. The standard InChI is InChI=1S/C22H37NO4Si/c1-21(2,3)27-20(25)23-14-18(24)19(16-12-10-9-11-13-16)17(23)15-26-28(7,8)22(4,5)6/h9-13,17-19,24H,14-15H2,1-8H3.